The van der Waals surface area contributed by atoms with Gasteiger partial charge in [0.25, 0.3) is 11.8 Å². The minimum absolute atomic E-state index is 0.0514. The van der Waals surface area contributed by atoms with Gasteiger partial charge in [-0.3, -0.25) is 20.4 Å². The van der Waals surface area contributed by atoms with Crippen LogP contribution in [0.1, 0.15) is 20.7 Å². The van der Waals surface area contributed by atoms with E-state index in [4.69, 9.17) is 4.74 Å². The molecule has 2 aromatic carbocycles. The molecule has 31 heavy (non-hydrogen) atoms. The van der Waals surface area contributed by atoms with Crippen LogP contribution in [0.15, 0.2) is 47.4 Å². The van der Waals surface area contributed by atoms with Gasteiger partial charge in [-0.25, -0.2) is 17.1 Å². The third-order valence-corrected chi connectivity index (χ3v) is 6.55. The third-order valence-electron chi connectivity index (χ3n) is 4.74. The number of anilines is 1. The van der Waals surface area contributed by atoms with Gasteiger partial charge >= 0.3 is 0 Å². The van der Waals surface area contributed by atoms with Gasteiger partial charge in [0.2, 0.25) is 10.0 Å². The molecular formula is C20H23FN4O5S. The Kier molecular flexibility index (Phi) is 6.88. The molecular weight excluding hydrogens is 427 g/mol. The molecule has 0 unspecified atom stereocenters. The molecule has 9 nitrogen and oxygen atoms in total. The van der Waals surface area contributed by atoms with Crippen LogP contribution in [0.2, 0.25) is 0 Å². The van der Waals surface area contributed by atoms with Crippen molar-refractivity contribution in [3.05, 3.63) is 59.4 Å². The zero-order chi connectivity index (χ0) is 22.6. The van der Waals surface area contributed by atoms with E-state index >= 15 is 0 Å². The number of hydrazine groups is 1. The van der Waals surface area contributed by atoms with Gasteiger partial charge in [-0.15, -0.1) is 0 Å². The lowest BCUT2D eigenvalue weighted by Gasteiger charge is -2.30. The minimum Gasteiger partial charge on any atom is -0.378 e. The molecule has 0 aromatic heterocycles. The minimum atomic E-state index is -3.77. The number of rotatable bonds is 5. The van der Waals surface area contributed by atoms with Crippen molar-refractivity contribution in [3.63, 3.8) is 0 Å². The second-order valence-electron chi connectivity index (χ2n) is 6.98. The maximum absolute atomic E-state index is 13.0. The summed E-state index contributed by atoms with van der Waals surface area (Å²) in [6, 6.07) is 9.10. The number of nitrogens with zero attached hydrogens (tertiary/aromatic N) is 2. The first-order valence-electron chi connectivity index (χ1n) is 9.45. The Morgan fingerprint density at radius 1 is 1.00 bits per heavy atom. The van der Waals surface area contributed by atoms with E-state index in [1.54, 1.807) is 6.07 Å². The normalized spacial score (nSPS) is 14.4. The van der Waals surface area contributed by atoms with Crippen molar-refractivity contribution in [2.24, 2.45) is 0 Å². The smallest absolute Gasteiger partial charge is 0.271 e. The molecule has 0 radical (unpaired) electrons. The second-order valence-corrected chi connectivity index (χ2v) is 9.13. The molecule has 1 fully saturated rings. The molecule has 166 valence electrons. The first-order valence-corrected chi connectivity index (χ1v) is 10.9. The molecule has 0 spiro atoms. The zero-order valence-electron chi connectivity index (χ0n) is 17.1. The van der Waals surface area contributed by atoms with E-state index in [-0.39, 0.29) is 16.0 Å². The largest absolute Gasteiger partial charge is 0.378 e. The van der Waals surface area contributed by atoms with Crippen molar-refractivity contribution in [2.75, 3.05) is 45.3 Å². The summed E-state index contributed by atoms with van der Waals surface area (Å²) in [7, 11) is -0.978. The van der Waals surface area contributed by atoms with Crippen molar-refractivity contribution in [3.8, 4) is 0 Å². The van der Waals surface area contributed by atoms with Gasteiger partial charge < -0.3 is 9.64 Å². The van der Waals surface area contributed by atoms with E-state index < -0.39 is 27.7 Å². The summed E-state index contributed by atoms with van der Waals surface area (Å²) in [5, 5.41) is 0. The van der Waals surface area contributed by atoms with E-state index in [1.807, 2.05) is 4.90 Å². The molecule has 11 heteroatoms. The molecule has 0 saturated carbocycles. The Morgan fingerprint density at radius 3 is 2.23 bits per heavy atom. The number of carbonyl (C=O) groups is 2. The number of carbonyl (C=O) groups excluding carboxylic acids is 2. The Hall–Kier alpha value is -3.02. The van der Waals surface area contributed by atoms with Crippen LogP contribution in [0.5, 0.6) is 0 Å². The van der Waals surface area contributed by atoms with Gasteiger partial charge in [0, 0.05) is 38.4 Å². The SMILES string of the molecule is CN(C)S(=O)(=O)c1ccc(N2CCOCC2)c(C(=O)NNC(=O)c2ccc(F)cc2)c1. The Labute approximate surface area is 179 Å². The molecule has 0 aliphatic carbocycles. The molecule has 1 heterocycles. The van der Waals surface area contributed by atoms with Crippen LogP contribution in [-0.4, -0.2) is 64.9 Å². The van der Waals surface area contributed by atoms with E-state index in [0.29, 0.717) is 32.0 Å². The Balaban J connectivity index is 1.87. The summed E-state index contributed by atoms with van der Waals surface area (Å²) >= 11 is 0. The third kappa shape index (κ3) is 5.19. The van der Waals surface area contributed by atoms with Crippen LogP contribution in [0.4, 0.5) is 10.1 Å². The van der Waals surface area contributed by atoms with Crippen molar-refractivity contribution in [2.45, 2.75) is 4.90 Å². The van der Waals surface area contributed by atoms with Gasteiger partial charge in [-0.05, 0) is 42.5 Å². The summed E-state index contributed by atoms with van der Waals surface area (Å²) in [6.07, 6.45) is 0. The number of hydrogen-bond acceptors (Lipinski definition) is 6. The van der Waals surface area contributed by atoms with Gasteiger partial charge in [0.05, 0.1) is 23.7 Å². The zero-order valence-corrected chi connectivity index (χ0v) is 17.9. The molecule has 2 aromatic rings. The Morgan fingerprint density at radius 2 is 1.61 bits per heavy atom. The molecule has 1 aliphatic heterocycles. The number of sulfonamides is 1. The first-order chi connectivity index (χ1) is 14.7. The predicted octanol–water partition coefficient (Wildman–Crippen LogP) is 0.987. The summed E-state index contributed by atoms with van der Waals surface area (Å²) in [4.78, 5) is 27.0. The lowest BCUT2D eigenvalue weighted by molar-refractivity contribution is 0.0846. The van der Waals surface area contributed by atoms with Crippen molar-refractivity contribution in [1.82, 2.24) is 15.2 Å². The number of nitrogens with one attached hydrogen (secondary N) is 2. The van der Waals surface area contributed by atoms with Gasteiger partial charge in [0.15, 0.2) is 0 Å². The maximum Gasteiger partial charge on any atom is 0.271 e. The fraction of sp³-hybridized carbons (Fsp3) is 0.300. The molecule has 1 aliphatic rings. The average Bonchev–Trinajstić information content (AvgIpc) is 2.77. The molecule has 0 atom stereocenters. The monoisotopic (exact) mass is 450 g/mol. The maximum atomic E-state index is 13.0. The number of hydrogen-bond donors (Lipinski definition) is 2. The number of ether oxygens (including phenoxy) is 1. The van der Waals surface area contributed by atoms with Gasteiger partial charge in [-0.2, -0.15) is 0 Å². The molecule has 2 amide bonds. The van der Waals surface area contributed by atoms with Crippen LogP contribution in [0.3, 0.4) is 0 Å². The summed E-state index contributed by atoms with van der Waals surface area (Å²) in [6.45, 7) is 2.00. The van der Waals surface area contributed by atoms with Gasteiger partial charge in [-0.1, -0.05) is 0 Å². The molecule has 2 N–H and O–H groups in total. The fourth-order valence-corrected chi connectivity index (χ4v) is 3.93. The standard InChI is InChI=1S/C20H23FN4O5S/c1-24(2)31(28,29)16-7-8-18(25-9-11-30-12-10-25)17(13-16)20(27)23-22-19(26)14-3-5-15(21)6-4-14/h3-8,13H,9-12H2,1-2H3,(H,22,26)(H,23,27). The topological polar surface area (TPSA) is 108 Å². The van der Waals surface area contributed by atoms with E-state index in [1.165, 1.54) is 38.4 Å². The summed E-state index contributed by atoms with van der Waals surface area (Å²) < 4.78 is 44.5. The second kappa shape index (κ2) is 9.41. The molecule has 1 saturated heterocycles. The fourth-order valence-electron chi connectivity index (χ4n) is 3.00. The average molecular weight is 450 g/mol. The van der Waals surface area contributed by atoms with Gasteiger partial charge in [0.1, 0.15) is 5.82 Å². The van der Waals surface area contributed by atoms with Crippen LogP contribution in [0.25, 0.3) is 0 Å². The molecule has 0 bridgehead atoms. The van der Waals surface area contributed by atoms with Crippen LogP contribution in [-0.2, 0) is 14.8 Å². The first kappa shape index (κ1) is 22.7. The lowest BCUT2D eigenvalue weighted by atomic mass is 10.1. The number of benzene rings is 2. The number of morpholine rings is 1. The quantitative estimate of drug-likeness (QED) is 0.658. The summed E-state index contributed by atoms with van der Waals surface area (Å²) in [5.74, 6) is -1.82. The Bertz CT molecular complexity index is 1070. The number of amides is 2. The molecule has 3 rings (SSSR count). The highest BCUT2D eigenvalue weighted by Crippen LogP contribution is 2.26. The summed E-state index contributed by atoms with van der Waals surface area (Å²) in [5.41, 5.74) is 5.33. The van der Waals surface area contributed by atoms with Crippen molar-refractivity contribution >= 4 is 27.5 Å². The lowest BCUT2D eigenvalue weighted by Crippen LogP contribution is -2.43. The number of halogens is 1. The van der Waals surface area contributed by atoms with Crippen molar-refractivity contribution in [1.29, 1.82) is 0 Å². The van der Waals surface area contributed by atoms with E-state index in [0.717, 1.165) is 16.4 Å². The van der Waals surface area contributed by atoms with Crippen molar-refractivity contribution < 1.29 is 27.1 Å². The highest BCUT2D eigenvalue weighted by atomic mass is 32.2. The highest BCUT2D eigenvalue weighted by molar-refractivity contribution is 7.89. The van der Waals surface area contributed by atoms with Crippen LogP contribution in [0, 0.1) is 5.82 Å². The van der Waals surface area contributed by atoms with E-state index in [2.05, 4.69) is 10.9 Å². The van der Waals surface area contributed by atoms with Crippen LogP contribution >= 0.6 is 0 Å². The van der Waals surface area contributed by atoms with Crippen LogP contribution < -0.4 is 15.8 Å². The highest BCUT2D eigenvalue weighted by Gasteiger charge is 2.24. The predicted molar refractivity (Wildman–Crippen MR) is 112 cm³/mol. The van der Waals surface area contributed by atoms with E-state index in [9.17, 15) is 22.4 Å².